The summed E-state index contributed by atoms with van der Waals surface area (Å²) in [7, 11) is 0. The van der Waals surface area contributed by atoms with Crippen molar-refractivity contribution in [2.24, 2.45) is 0 Å². The van der Waals surface area contributed by atoms with Crippen LogP contribution in [0.5, 0.6) is 5.75 Å². The fourth-order valence-electron chi connectivity index (χ4n) is 3.76. The second-order valence-electron chi connectivity index (χ2n) is 8.10. The minimum atomic E-state index is -0.627. The van der Waals surface area contributed by atoms with Crippen molar-refractivity contribution in [3.05, 3.63) is 102 Å². The molecular weight excluding hydrogens is 400 g/mol. The van der Waals surface area contributed by atoms with Gasteiger partial charge >= 0.3 is 0 Å². The van der Waals surface area contributed by atoms with E-state index < -0.39 is 12.2 Å². The standard InChI is InChI=1S/C27H34N2O3/c1-3-28-32-25-16-14-22(15-17-25)18-21(2)29(19-26(30)23-10-6-4-7-11-23)20-27(31)24-12-8-5-9-13-24/h4-17,21,26-28,30-31H,3,18-20H2,1-2H3/t21-,26+,27+/m1/s1. The molecule has 3 rings (SSSR count). The summed E-state index contributed by atoms with van der Waals surface area (Å²) >= 11 is 0. The normalized spacial score (nSPS) is 14.2. The van der Waals surface area contributed by atoms with Crippen molar-refractivity contribution in [2.45, 2.75) is 38.5 Å². The number of nitrogens with zero attached hydrogens (tertiary/aromatic N) is 1. The molecule has 0 heterocycles. The van der Waals surface area contributed by atoms with Gasteiger partial charge < -0.3 is 15.1 Å². The van der Waals surface area contributed by atoms with Crippen molar-refractivity contribution in [3.63, 3.8) is 0 Å². The van der Waals surface area contributed by atoms with Gasteiger partial charge in [0.05, 0.1) is 12.2 Å². The maximum atomic E-state index is 10.9. The predicted octanol–water partition coefficient (Wildman–Crippen LogP) is 4.29. The molecule has 0 bridgehead atoms. The maximum absolute atomic E-state index is 10.9. The summed E-state index contributed by atoms with van der Waals surface area (Å²) in [5.74, 6) is 0.777. The van der Waals surface area contributed by atoms with E-state index in [1.165, 1.54) is 5.56 Å². The number of hydroxylamine groups is 1. The Morgan fingerprint density at radius 3 is 1.75 bits per heavy atom. The van der Waals surface area contributed by atoms with Crippen LogP contribution in [0.1, 0.15) is 42.7 Å². The molecule has 3 aromatic rings. The van der Waals surface area contributed by atoms with Crippen LogP contribution in [0.15, 0.2) is 84.9 Å². The Kier molecular flexibility index (Phi) is 9.26. The van der Waals surface area contributed by atoms with Crippen LogP contribution in [-0.4, -0.2) is 40.8 Å². The molecule has 170 valence electrons. The van der Waals surface area contributed by atoms with Crippen molar-refractivity contribution >= 4 is 0 Å². The highest BCUT2D eigenvalue weighted by atomic mass is 16.6. The molecule has 0 radical (unpaired) electrons. The van der Waals surface area contributed by atoms with Gasteiger partial charge in [-0.05, 0) is 49.1 Å². The van der Waals surface area contributed by atoms with Gasteiger partial charge in [-0.15, -0.1) is 0 Å². The predicted molar refractivity (Wildman–Crippen MR) is 128 cm³/mol. The molecule has 0 saturated carbocycles. The first-order valence-electron chi connectivity index (χ1n) is 11.3. The lowest BCUT2D eigenvalue weighted by Gasteiger charge is -2.33. The van der Waals surface area contributed by atoms with Crippen LogP contribution >= 0.6 is 0 Å². The molecule has 0 saturated heterocycles. The van der Waals surface area contributed by atoms with Crippen LogP contribution in [-0.2, 0) is 6.42 Å². The van der Waals surface area contributed by atoms with E-state index in [2.05, 4.69) is 29.4 Å². The summed E-state index contributed by atoms with van der Waals surface area (Å²) < 4.78 is 0. The van der Waals surface area contributed by atoms with E-state index in [1.54, 1.807) is 0 Å². The van der Waals surface area contributed by atoms with Gasteiger partial charge in [0.25, 0.3) is 0 Å². The van der Waals surface area contributed by atoms with Crippen LogP contribution in [0, 0.1) is 0 Å². The van der Waals surface area contributed by atoms with Crippen molar-refractivity contribution < 1.29 is 15.1 Å². The van der Waals surface area contributed by atoms with E-state index in [4.69, 9.17) is 4.84 Å². The van der Waals surface area contributed by atoms with Gasteiger partial charge in [0, 0.05) is 25.7 Å². The third kappa shape index (κ3) is 7.18. The Morgan fingerprint density at radius 1 is 0.781 bits per heavy atom. The topological polar surface area (TPSA) is 65.0 Å². The highest BCUT2D eigenvalue weighted by Gasteiger charge is 2.22. The van der Waals surface area contributed by atoms with E-state index in [0.717, 1.165) is 29.8 Å². The summed E-state index contributed by atoms with van der Waals surface area (Å²) in [6.07, 6.45) is -0.458. The molecule has 3 atom stereocenters. The van der Waals surface area contributed by atoms with Crippen LogP contribution in [0.3, 0.4) is 0 Å². The molecule has 0 amide bonds. The van der Waals surface area contributed by atoms with Gasteiger partial charge in [0.1, 0.15) is 5.75 Å². The zero-order valence-electron chi connectivity index (χ0n) is 18.9. The smallest absolute Gasteiger partial charge is 0.147 e. The van der Waals surface area contributed by atoms with Crippen molar-refractivity contribution in [2.75, 3.05) is 19.6 Å². The molecule has 0 aliphatic rings. The SMILES string of the molecule is CCNOc1ccc(C[C@@H](C)N(C[C@H](O)c2ccccc2)C[C@H](O)c2ccccc2)cc1. The fourth-order valence-corrected chi connectivity index (χ4v) is 3.76. The molecule has 3 N–H and O–H groups in total. The Hall–Kier alpha value is -2.70. The average molecular weight is 435 g/mol. The minimum absolute atomic E-state index is 0.118. The lowest BCUT2D eigenvalue weighted by molar-refractivity contribution is 0.0480. The lowest BCUT2D eigenvalue weighted by Crippen LogP contribution is -2.40. The van der Waals surface area contributed by atoms with Gasteiger partial charge in [-0.2, -0.15) is 5.48 Å². The molecule has 0 unspecified atom stereocenters. The second-order valence-corrected chi connectivity index (χ2v) is 8.10. The third-order valence-electron chi connectivity index (χ3n) is 5.60. The van der Waals surface area contributed by atoms with Crippen LogP contribution in [0.4, 0.5) is 0 Å². The average Bonchev–Trinajstić information content (AvgIpc) is 2.84. The van der Waals surface area contributed by atoms with Crippen molar-refractivity contribution in [1.29, 1.82) is 0 Å². The molecule has 0 aromatic heterocycles. The number of benzene rings is 3. The van der Waals surface area contributed by atoms with E-state index in [0.29, 0.717) is 13.1 Å². The molecule has 5 heteroatoms. The fraction of sp³-hybridized carbons (Fsp3) is 0.333. The zero-order chi connectivity index (χ0) is 22.8. The van der Waals surface area contributed by atoms with Crippen LogP contribution in [0.25, 0.3) is 0 Å². The number of hydrogen-bond donors (Lipinski definition) is 3. The summed E-state index contributed by atoms with van der Waals surface area (Å²) in [5, 5.41) is 21.7. The Labute approximate surface area is 191 Å². The number of aliphatic hydroxyl groups is 2. The Bertz CT molecular complexity index is 856. The molecule has 5 nitrogen and oxygen atoms in total. The molecule has 32 heavy (non-hydrogen) atoms. The van der Waals surface area contributed by atoms with Gasteiger partial charge in [0.15, 0.2) is 0 Å². The minimum Gasteiger partial charge on any atom is -0.409 e. The van der Waals surface area contributed by atoms with Gasteiger partial charge in [-0.25, -0.2) is 0 Å². The van der Waals surface area contributed by atoms with Gasteiger partial charge in [-0.1, -0.05) is 72.8 Å². The molecule has 3 aromatic carbocycles. The number of rotatable bonds is 12. The summed E-state index contributed by atoms with van der Waals surface area (Å²) in [4.78, 5) is 7.60. The first kappa shape index (κ1) is 24.0. The van der Waals surface area contributed by atoms with Crippen molar-refractivity contribution in [3.8, 4) is 5.75 Å². The summed E-state index contributed by atoms with van der Waals surface area (Å²) in [6.45, 7) is 5.74. The van der Waals surface area contributed by atoms with Crippen LogP contribution in [0.2, 0.25) is 0 Å². The van der Waals surface area contributed by atoms with Crippen molar-refractivity contribution in [1.82, 2.24) is 10.4 Å². The number of aliphatic hydroxyl groups excluding tert-OH is 2. The molecule has 0 fully saturated rings. The largest absolute Gasteiger partial charge is 0.409 e. The van der Waals surface area contributed by atoms with Gasteiger partial charge in [0.2, 0.25) is 0 Å². The van der Waals surface area contributed by atoms with Gasteiger partial charge in [-0.3, -0.25) is 4.90 Å². The summed E-state index contributed by atoms with van der Waals surface area (Å²) in [5.41, 5.74) is 5.79. The number of nitrogens with one attached hydrogen (secondary N) is 1. The first-order valence-corrected chi connectivity index (χ1v) is 11.3. The van der Waals surface area contributed by atoms with E-state index >= 15 is 0 Å². The zero-order valence-corrected chi connectivity index (χ0v) is 18.9. The highest BCUT2D eigenvalue weighted by Crippen LogP contribution is 2.22. The molecular formula is C27H34N2O3. The number of hydrogen-bond acceptors (Lipinski definition) is 5. The quantitative estimate of drug-likeness (QED) is 0.371. The third-order valence-corrected chi connectivity index (χ3v) is 5.60. The van der Waals surface area contributed by atoms with Crippen LogP contribution < -0.4 is 10.3 Å². The first-order chi connectivity index (χ1) is 15.6. The monoisotopic (exact) mass is 434 g/mol. The molecule has 0 spiro atoms. The maximum Gasteiger partial charge on any atom is 0.147 e. The molecule has 0 aliphatic carbocycles. The second kappa shape index (κ2) is 12.4. The Morgan fingerprint density at radius 2 is 1.28 bits per heavy atom. The Balaban J connectivity index is 1.71. The summed E-state index contributed by atoms with van der Waals surface area (Å²) in [6, 6.07) is 27.5. The van der Waals surface area contributed by atoms with E-state index in [-0.39, 0.29) is 6.04 Å². The molecule has 0 aliphatic heterocycles. The lowest BCUT2D eigenvalue weighted by atomic mass is 10.0. The highest BCUT2D eigenvalue weighted by molar-refractivity contribution is 5.27. The van der Waals surface area contributed by atoms with E-state index in [9.17, 15) is 10.2 Å². The van der Waals surface area contributed by atoms with E-state index in [1.807, 2.05) is 79.7 Å².